The van der Waals surface area contributed by atoms with Crippen LogP contribution in [0.1, 0.15) is 149 Å². The topological polar surface area (TPSA) is 104 Å². The molecule has 6 nitrogen and oxygen atoms in total. The van der Waals surface area contributed by atoms with Crippen LogP contribution in [0.15, 0.2) is 24.3 Å². The van der Waals surface area contributed by atoms with Crippen molar-refractivity contribution in [2.24, 2.45) is 0 Å². The summed E-state index contributed by atoms with van der Waals surface area (Å²) in [5.74, 6) is -0.830. The molecule has 0 spiro atoms. The first-order valence-corrected chi connectivity index (χ1v) is 15.8. The molecule has 3 N–H and O–H groups in total. The van der Waals surface area contributed by atoms with Gasteiger partial charge in [-0.1, -0.05) is 105 Å². The summed E-state index contributed by atoms with van der Waals surface area (Å²) < 4.78 is 5.82. The van der Waals surface area contributed by atoms with E-state index in [2.05, 4.69) is 60.6 Å². The van der Waals surface area contributed by atoms with E-state index in [1.54, 1.807) is 0 Å². The number of phenolic OH excluding ortho intramolecular Hbond substituents is 1. The number of aliphatic carboxylic acids is 1. The van der Waals surface area contributed by atoms with Crippen LogP contribution in [0, 0.1) is 0 Å². The lowest BCUT2D eigenvalue weighted by atomic mass is 9.78. The van der Waals surface area contributed by atoms with Crippen LogP contribution < -0.4 is 0 Å². The Labute approximate surface area is 249 Å². The SMILES string of the molecule is CCCCCC(OC(=O)CCc1cc(C(C)(C)C)cc(C(C)(C)C)c1O)C(O)C/C=C\CCCCCCCC(=O)O. The van der Waals surface area contributed by atoms with Crippen LogP contribution in [-0.4, -0.2) is 39.5 Å². The number of benzene rings is 1. The number of aryl methyl sites for hydroxylation is 1. The van der Waals surface area contributed by atoms with Gasteiger partial charge in [-0.15, -0.1) is 0 Å². The van der Waals surface area contributed by atoms with Crippen LogP contribution in [0.4, 0.5) is 0 Å². The second-order valence-electron chi connectivity index (χ2n) is 13.5. The van der Waals surface area contributed by atoms with Crippen molar-refractivity contribution in [2.75, 3.05) is 0 Å². The molecule has 1 aromatic carbocycles. The summed E-state index contributed by atoms with van der Waals surface area (Å²) in [7, 11) is 0. The van der Waals surface area contributed by atoms with Crippen molar-refractivity contribution in [3.05, 3.63) is 41.0 Å². The van der Waals surface area contributed by atoms with E-state index in [-0.39, 0.29) is 35.4 Å². The quantitative estimate of drug-likeness (QED) is 0.0869. The van der Waals surface area contributed by atoms with E-state index >= 15 is 0 Å². The molecule has 0 bridgehead atoms. The minimum absolute atomic E-state index is 0.0904. The van der Waals surface area contributed by atoms with E-state index in [4.69, 9.17) is 9.84 Å². The highest BCUT2D eigenvalue weighted by Gasteiger charge is 2.26. The molecule has 0 aliphatic carbocycles. The first kappa shape index (κ1) is 36.7. The number of aliphatic hydroxyl groups excluding tert-OH is 1. The second-order valence-corrected chi connectivity index (χ2v) is 13.5. The average Bonchev–Trinajstić information content (AvgIpc) is 2.87. The number of unbranched alkanes of at least 4 members (excludes halogenated alkanes) is 7. The minimum Gasteiger partial charge on any atom is -0.507 e. The Balaban J connectivity index is 2.72. The molecular formula is C35H58O6. The molecule has 0 aliphatic rings. The lowest BCUT2D eigenvalue weighted by molar-refractivity contribution is -0.155. The third-order valence-corrected chi connectivity index (χ3v) is 7.57. The molecule has 0 amide bonds. The molecular weight excluding hydrogens is 516 g/mol. The van der Waals surface area contributed by atoms with Crippen molar-refractivity contribution in [2.45, 2.75) is 161 Å². The molecule has 2 atom stereocenters. The van der Waals surface area contributed by atoms with Crippen LogP contribution in [0.3, 0.4) is 0 Å². The smallest absolute Gasteiger partial charge is 0.306 e. The third-order valence-electron chi connectivity index (χ3n) is 7.57. The van der Waals surface area contributed by atoms with Gasteiger partial charge in [-0.2, -0.15) is 0 Å². The predicted molar refractivity (Wildman–Crippen MR) is 168 cm³/mol. The number of rotatable bonds is 19. The fourth-order valence-corrected chi connectivity index (χ4v) is 4.85. The average molecular weight is 575 g/mol. The first-order valence-electron chi connectivity index (χ1n) is 15.8. The van der Waals surface area contributed by atoms with Gasteiger partial charge in [0.05, 0.1) is 6.10 Å². The van der Waals surface area contributed by atoms with Gasteiger partial charge in [0.1, 0.15) is 11.9 Å². The molecule has 0 fully saturated rings. The number of ether oxygens (including phenoxy) is 1. The van der Waals surface area contributed by atoms with Gasteiger partial charge < -0.3 is 20.1 Å². The fourth-order valence-electron chi connectivity index (χ4n) is 4.85. The van der Waals surface area contributed by atoms with Crippen molar-refractivity contribution in [3.63, 3.8) is 0 Å². The molecule has 0 aliphatic heterocycles. The molecule has 0 radical (unpaired) electrons. The monoisotopic (exact) mass is 574 g/mol. The number of allylic oxidation sites excluding steroid dienone is 1. The number of esters is 1. The highest BCUT2D eigenvalue weighted by Crippen LogP contribution is 2.38. The Hall–Kier alpha value is -2.34. The predicted octanol–water partition coefficient (Wildman–Crippen LogP) is 8.53. The summed E-state index contributed by atoms with van der Waals surface area (Å²) in [5, 5.41) is 30.6. The number of carboxylic acids is 1. The molecule has 0 aromatic heterocycles. The van der Waals surface area contributed by atoms with Crippen LogP contribution in [-0.2, 0) is 31.6 Å². The zero-order valence-electron chi connectivity index (χ0n) is 26.9. The molecule has 0 heterocycles. The maximum absolute atomic E-state index is 12.9. The van der Waals surface area contributed by atoms with Crippen LogP contribution >= 0.6 is 0 Å². The van der Waals surface area contributed by atoms with E-state index in [1.807, 2.05) is 12.1 Å². The first-order chi connectivity index (χ1) is 19.2. The summed E-state index contributed by atoms with van der Waals surface area (Å²) in [4.78, 5) is 23.5. The van der Waals surface area contributed by atoms with Gasteiger partial charge >= 0.3 is 11.9 Å². The molecule has 234 valence electrons. The number of carboxylic acid groups (broad SMARTS) is 1. The maximum atomic E-state index is 12.9. The molecule has 2 unspecified atom stereocenters. The third kappa shape index (κ3) is 14.9. The van der Waals surface area contributed by atoms with Gasteiger partial charge in [-0.3, -0.25) is 9.59 Å². The van der Waals surface area contributed by atoms with Crippen molar-refractivity contribution >= 4 is 11.9 Å². The van der Waals surface area contributed by atoms with Crippen LogP contribution in [0.2, 0.25) is 0 Å². The maximum Gasteiger partial charge on any atom is 0.306 e. The van der Waals surface area contributed by atoms with Gasteiger partial charge in [-0.05, 0) is 72.5 Å². The minimum atomic E-state index is -0.756. The van der Waals surface area contributed by atoms with Crippen molar-refractivity contribution in [3.8, 4) is 5.75 Å². The summed E-state index contributed by atoms with van der Waals surface area (Å²) in [6.07, 6.45) is 13.3. The number of hydrogen-bond donors (Lipinski definition) is 3. The van der Waals surface area contributed by atoms with E-state index in [0.29, 0.717) is 19.3 Å². The number of phenols is 1. The van der Waals surface area contributed by atoms with Crippen molar-refractivity contribution < 1.29 is 29.6 Å². The van der Waals surface area contributed by atoms with E-state index in [9.17, 15) is 19.8 Å². The van der Waals surface area contributed by atoms with Crippen LogP contribution in [0.25, 0.3) is 0 Å². The fraction of sp³-hybridized carbons (Fsp3) is 0.714. The summed E-state index contributed by atoms with van der Waals surface area (Å²) >= 11 is 0. The van der Waals surface area contributed by atoms with Gasteiger partial charge in [-0.25, -0.2) is 0 Å². The molecule has 1 aromatic rings. The Morgan fingerprint density at radius 3 is 2.15 bits per heavy atom. The van der Waals surface area contributed by atoms with Gasteiger partial charge in [0.2, 0.25) is 0 Å². The lowest BCUT2D eigenvalue weighted by Crippen LogP contribution is -2.31. The second kappa shape index (κ2) is 18.3. The largest absolute Gasteiger partial charge is 0.507 e. The molecule has 41 heavy (non-hydrogen) atoms. The van der Waals surface area contributed by atoms with Gasteiger partial charge in [0, 0.05) is 12.8 Å². The lowest BCUT2D eigenvalue weighted by Gasteiger charge is -2.27. The number of hydrogen-bond acceptors (Lipinski definition) is 5. The highest BCUT2D eigenvalue weighted by atomic mass is 16.6. The Bertz CT molecular complexity index is 951. The Morgan fingerprint density at radius 1 is 0.878 bits per heavy atom. The molecule has 6 heteroatoms. The zero-order valence-corrected chi connectivity index (χ0v) is 26.9. The normalized spacial score (nSPS) is 13.9. The summed E-state index contributed by atoms with van der Waals surface area (Å²) in [5.41, 5.74) is 2.44. The number of aromatic hydroxyl groups is 1. The van der Waals surface area contributed by atoms with Crippen molar-refractivity contribution in [1.82, 2.24) is 0 Å². The zero-order chi connectivity index (χ0) is 31.1. The summed E-state index contributed by atoms with van der Waals surface area (Å²) in [6.45, 7) is 14.8. The number of carbonyl (C=O) groups excluding carboxylic acids is 1. The van der Waals surface area contributed by atoms with E-state index in [1.165, 1.54) is 0 Å². The van der Waals surface area contributed by atoms with Crippen LogP contribution in [0.5, 0.6) is 5.75 Å². The van der Waals surface area contributed by atoms with Crippen molar-refractivity contribution in [1.29, 1.82) is 0 Å². The molecule has 0 saturated carbocycles. The number of carbonyl (C=O) groups is 2. The Kier molecular flexibility index (Phi) is 16.3. The van der Waals surface area contributed by atoms with Gasteiger partial charge in [0.25, 0.3) is 0 Å². The molecule has 0 saturated heterocycles. The summed E-state index contributed by atoms with van der Waals surface area (Å²) in [6, 6.07) is 4.08. The Morgan fingerprint density at radius 2 is 1.54 bits per heavy atom. The highest BCUT2D eigenvalue weighted by molar-refractivity contribution is 5.70. The molecule has 1 rings (SSSR count). The van der Waals surface area contributed by atoms with E-state index in [0.717, 1.165) is 74.5 Å². The number of aliphatic hydroxyl groups is 1. The van der Waals surface area contributed by atoms with E-state index < -0.39 is 18.2 Å². The standard InChI is InChI=1S/C35H58O6/c1-8-9-16-20-30(29(36)19-17-14-12-10-11-13-15-18-21-31(37)38)41-32(39)23-22-26-24-27(34(2,3)4)25-28(33(26)40)35(5,6)7/h14,17,24-25,29-30,36,40H,8-13,15-16,18-23H2,1-7H3,(H,37,38)/b17-14-. The van der Waals surface area contributed by atoms with Gasteiger partial charge in [0.15, 0.2) is 0 Å².